The maximum absolute atomic E-state index is 13.7. The van der Waals surface area contributed by atoms with Crippen LogP contribution in [0.1, 0.15) is 84.3 Å². The number of nitrogens with zero attached hydrogens (tertiary/aromatic N) is 1. The second-order valence-electron chi connectivity index (χ2n) is 14.3. The zero-order valence-electron chi connectivity index (χ0n) is 25.4. The Morgan fingerprint density at radius 2 is 1.64 bits per heavy atom. The predicted octanol–water partition coefficient (Wildman–Crippen LogP) is 8.23. The summed E-state index contributed by atoms with van der Waals surface area (Å²) in [7, 11) is 0. The molecule has 242 valence electrons. The van der Waals surface area contributed by atoms with Gasteiger partial charge in [0.1, 0.15) is 5.60 Å². The van der Waals surface area contributed by atoms with Crippen molar-refractivity contribution in [3.05, 3.63) is 41.1 Å². The normalized spacial score (nSPS) is 32.3. The summed E-state index contributed by atoms with van der Waals surface area (Å²) in [5.74, 6) is -1.60. The van der Waals surface area contributed by atoms with E-state index in [4.69, 9.17) is 4.74 Å². The van der Waals surface area contributed by atoms with E-state index in [0.29, 0.717) is 62.4 Å². The Morgan fingerprint density at radius 3 is 2.25 bits per heavy atom. The maximum atomic E-state index is 13.7. The van der Waals surface area contributed by atoms with Crippen molar-refractivity contribution in [3.63, 3.8) is 0 Å². The molecule has 6 atom stereocenters. The molecule has 1 aliphatic heterocycles. The first-order valence-corrected chi connectivity index (χ1v) is 15.0. The Balaban J connectivity index is 1.45. The van der Waals surface area contributed by atoms with Crippen molar-refractivity contribution in [1.82, 2.24) is 4.90 Å². The number of benzene rings is 1. The van der Waals surface area contributed by atoms with Crippen molar-refractivity contribution in [3.8, 4) is 0 Å². The van der Waals surface area contributed by atoms with Gasteiger partial charge in [-0.2, -0.15) is 26.3 Å². The number of nitrogens with one attached hydrogen (secondary N) is 1. The molecule has 4 unspecified atom stereocenters. The molecule has 5 rings (SSSR count). The molecular weight excluding hydrogens is 590 g/mol. The number of fused-ring (bicyclic) bond motifs is 5. The van der Waals surface area contributed by atoms with Crippen LogP contribution in [0, 0.1) is 34.5 Å². The molecule has 1 aromatic carbocycles. The van der Waals surface area contributed by atoms with Crippen LogP contribution >= 0.6 is 0 Å². The molecule has 12 heteroatoms. The molecule has 2 amide bonds. The van der Waals surface area contributed by atoms with Gasteiger partial charge in [-0.15, -0.1) is 0 Å². The van der Waals surface area contributed by atoms with Crippen LogP contribution in [0.5, 0.6) is 0 Å². The largest absolute Gasteiger partial charge is 0.443 e. The molecule has 6 nitrogen and oxygen atoms in total. The fraction of sp³-hybridized carbons (Fsp3) is 0.656. The molecule has 4 aliphatic rings. The zero-order chi connectivity index (χ0) is 32.6. The van der Waals surface area contributed by atoms with Crippen LogP contribution in [0.4, 0.5) is 36.8 Å². The Hall–Kier alpha value is -3.05. The van der Waals surface area contributed by atoms with Crippen LogP contribution in [0.25, 0.3) is 0 Å². The molecule has 44 heavy (non-hydrogen) atoms. The molecule has 3 fully saturated rings. The Bertz CT molecular complexity index is 1400. The molecule has 0 spiro atoms. The van der Waals surface area contributed by atoms with E-state index in [1.807, 2.05) is 6.92 Å². The van der Waals surface area contributed by atoms with Crippen LogP contribution in [-0.2, 0) is 26.7 Å². The monoisotopic (exact) mass is 628 g/mol. The number of rotatable bonds is 2. The van der Waals surface area contributed by atoms with Gasteiger partial charge in [0.25, 0.3) is 0 Å². The van der Waals surface area contributed by atoms with Gasteiger partial charge in [0, 0.05) is 36.1 Å². The minimum absolute atomic E-state index is 0.0597. The Kier molecular flexibility index (Phi) is 7.72. The van der Waals surface area contributed by atoms with Crippen LogP contribution in [-0.4, -0.2) is 34.8 Å². The number of hydrogen-bond donors (Lipinski definition) is 1. The molecule has 0 aromatic heterocycles. The molecule has 0 bridgehead atoms. The fourth-order valence-electron chi connectivity index (χ4n) is 8.52. The lowest BCUT2D eigenvalue weighted by molar-refractivity contribution is -0.141. The number of carbonyl (C=O) groups excluding carboxylic acids is 3. The number of piperidine rings is 1. The van der Waals surface area contributed by atoms with E-state index in [-0.39, 0.29) is 30.1 Å². The number of allylic oxidation sites excluding steroid dienone is 2. The van der Waals surface area contributed by atoms with Crippen molar-refractivity contribution in [2.24, 2.45) is 34.5 Å². The summed E-state index contributed by atoms with van der Waals surface area (Å²) in [6, 6.07) is 1.04. The molecule has 1 saturated heterocycles. The highest BCUT2D eigenvalue weighted by atomic mass is 19.4. The minimum Gasteiger partial charge on any atom is -0.443 e. The van der Waals surface area contributed by atoms with Crippen LogP contribution in [0.3, 0.4) is 0 Å². The minimum atomic E-state index is -4.97. The third-order valence-corrected chi connectivity index (χ3v) is 10.6. The summed E-state index contributed by atoms with van der Waals surface area (Å²) in [5, 5.41) is 2.22. The van der Waals surface area contributed by atoms with Gasteiger partial charge < -0.3 is 10.1 Å². The maximum Gasteiger partial charge on any atom is 0.418 e. The van der Waals surface area contributed by atoms with Crippen LogP contribution in [0.2, 0.25) is 0 Å². The fourth-order valence-corrected chi connectivity index (χ4v) is 8.52. The highest BCUT2D eigenvalue weighted by molar-refractivity contribution is 5.94. The van der Waals surface area contributed by atoms with Gasteiger partial charge in [-0.3, -0.25) is 14.5 Å². The molecule has 1 aromatic rings. The standard InChI is InChI=1S/C32H38F6N2O4/c1-28(2,3)44-27(43)40-16-19-20-8-9-23(29(20,4)13-11-21(19)30(5)12-10-18(41)15-25(30)40)26(42)39-24-14-17(31(33,34)35)6-7-22(24)32(36,37)38/h6-7,14-15,19-21,23H,8-13,16H2,1-5H3,(H,39,42)/t19?,20?,21?,23-,29?,30-/m1/s1. The molecule has 3 aliphatic carbocycles. The van der Waals surface area contributed by atoms with Crippen LogP contribution < -0.4 is 5.32 Å². The summed E-state index contributed by atoms with van der Waals surface area (Å²) >= 11 is 0. The van der Waals surface area contributed by atoms with Crippen molar-refractivity contribution in [1.29, 1.82) is 0 Å². The highest BCUT2D eigenvalue weighted by Crippen LogP contribution is 2.65. The lowest BCUT2D eigenvalue weighted by atomic mass is 9.49. The van der Waals surface area contributed by atoms with E-state index in [0.717, 1.165) is 0 Å². The number of halogens is 6. The summed E-state index contributed by atoms with van der Waals surface area (Å²) in [6.45, 7) is 9.53. The third-order valence-electron chi connectivity index (χ3n) is 10.6. The molecule has 1 N–H and O–H groups in total. The van der Waals surface area contributed by atoms with E-state index in [1.54, 1.807) is 31.7 Å². The predicted molar refractivity (Wildman–Crippen MR) is 149 cm³/mol. The Labute approximate surface area is 252 Å². The first kappa shape index (κ1) is 32.3. The summed E-state index contributed by atoms with van der Waals surface area (Å²) < 4.78 is 87.0. The van der Waals surface area contributed by atoms with E-state index < -0.39 is 63.5 Å². The quantitative estimate of drug-likeness (QED) is 0.335. The van der Waals surface area contributed by atoms with Crippen LogP contribution in [0.15, 0.2) is 30.0 Å². The van der Waals surface area contributed by atoms with E-state index in [9.17, 15) is 40.7 Å². The van der Waals surface area contributed by atoms with Gasteiger partial charge in [-0.05, 0) is 94.2 Å². The molecule has 0 radical (unpaired) electrons. The van der Waals surface area contributed by atoms with Crippen molar-refractivity contribution in [2.75, 3.05) is 11.9 Å². The van der Waals surface area contributed by atoms with E-state index in [2.05, 4.69) is 12.2 Å². The second kappa shape index (κ2) is 10.5. The smallest absolute Gasteiger partial charge is 0.418 e. The average Bonchev–Trinajstić information content (AvgIpc) is 3.24. The van der Waals surface area contributed by atoms with E-state index in [1.165, 1.54) is 0 Å². The first-order valence-electron chi connectivity index (χ1n) is 15.0. The zero-order valence-corrected chi connectivity index (χ0v) is 25.4. The Morgan fingerprint density at radius 1 is 0.955 bits per heavy atom. The van der Waals surface area contributed by atoms with Crippen molar-refractivity contribution in [2.45, 2.75) is 91.1 Å². The number of likely N-dealkylation sites (tertiary alicyclic amines) is 1. The molecule has 1 heterocycles. The molecular formula is C32H38F6N2O4. The lowest BCUT2D eigenvalue weighted by Crippen LogP contribution is -2.59. The lowest BCUT2D eigenvalue weighted by Gasteiger charge is -2.60. The topological polar surface area (TPSA) is 75.7 Å². The van der Waals surface area contributed by atoms with E-state index >= 15 is 0 Å². The van der Waals surface area contributed by atoms with Gasteiger partial charge >= 0.3 is 18.4 Å². The van der Waals surface area contributed by atoms with Crippen molar-refractivity contribution < 1.29 is 45.5 Å². The highest BCUT2D eigenvalue weighted by Gasteiger charge is 2.62. The number of anilines is 1. The summed E-state index contributed by atoms with van der Waals surface area (Å²) in [6.07, 6.45) is -5.80. The second-order valence-corrected chi connectivity index (χ2v) is 14.3. The van der Waals surface area contributed by atoms with Gasteiger partial charge in [-0.1, -0.05) is 13.8 Å². The molecule has 2 saturated carbocycles. The van der Waals surface area contributed by atoms with Gasteiger partial charge in [0.05, 0.1) is 16.8 Å². The SMILES string of the molecule is CC(C)(C)OC(=O)N1CC2C3CC[C@H](C(=O)Nc4cc(C(F)(F)F)ccc4C(F)(F)F)C3(C)CCC2[C@@]2(C)CCC(=O)C=C12. The average molecular weight is 629 g/mol. The number of amides is 2. The summed E-state index contributed by atoms with van der Waals surface area (Å²) in [5.41, 5.74) is -4.83. The number of hydrogen-bond acceptors (Lipinski definition) is 4. The summed E-state index contributed by atoms with van der Waals surface area (Å²) in [4.78, 5) is 41.2. The number of carbonyl (C=O) groups is 3. The number of ether oxygens (including phenoxy) is 1. The van der Waals surface area contributed by atoms with Gasteiger partial charge in [0.15, 0.2) is 5.78 Å². The third kappa shape index (κ3) is 5.62. The number of ketones is 1. The first-order chi connectivity index (χ1) is 20.1. The van der Waals surface area contributed by atoms with Gasteiger partial charge in [0.2, 0.25) is 5.91 Å². The number of alkyl halides is 6. The van der Waals surface area contributed by atoms with Crippen molar-refractivity contribution >= 4 is 23.5 Å². The van der Waals surface area contributed by atoms with Gasteiger partial charge in [-0.25, -0.2) is 4.79 Å².